The number of benzene rings is 9. The van der Waals surface area contributed by atoms with Crippen LogP contribution in [0.5, 0.6) is 0 Å². The Labute approximate surface area is 347 Å². The van der Waals surface area contributed by atoms with Crippen molar-refractivity contribution in [2.24, 2.45) is 0 Å². The van der Waals surface area contributed by atoms with Crippen LogP contribution in [0.25, 0.3) is 66.7 Å². The monoisotopic (exact) mass is 768 g/mol. The minimum absolute atomic E-state index is 0.536. The molecule has 0 spiro atoms. The van der Waals surface area contributed by atoms with E-state index in [1.165, 1.54) is 33.4 Å². The van der Waals surface area contributed by atoms with E-state index >= 15 is 0 Å². The fourth-order valence-corrected chi connectivity index (χ4v) is 9.54. The number of furan rings is 1. The van der Waals surface area contributed by atoms with Crippen molar-refractivity contribution in [1.82, 2.24) is 4.98 Å². The summed E-state index contributed by atoms with van der Waals surface area (Å²) >= 11 is 0. The van der Waals surface area contributed by atoms with Gasteiger partial charge in [0.25, 0.3) is 0 Å². The summed E-state index contributed by atoms with van der Waals surface area (Å²) in [6.45, 7) is 0. The maximum absolute atomic E-state index is 6.46. The maximum atomic E-state index is 6.46. The third kappa shape index (κ3) is 5.21. The number of nitrogens with zero attached hydrogens (tertiary/aromatic N) is 2. The third-order valence-electron chi connectivity index (χ3n) is 12.2. The molecule has 0 amide bonds. The fourth-order valence-electron chi connectivity index (χ4n) is 9.54. The van der Waals surface area contributed by atoms with E-state index in [1.54, 1.807) is 0 Å². The molecule has 0 fully saturated rings. The van der Waals surface area contributed by atoms with Gasteiger partial charge in [0.15, 0.2) is 5.58 Å². The van der Waals surface area contributed by atoms with E-state index in [9.17, 15) is 0 Å². The molecular weight excluding hydrogens is 733 g/mol. The molecule has 60 heavy (non-hydrogen) atoms. The molecule has 0 atom stereocenters. The Morgan fingerprint density at radius 1 is 0.383 bits per heavy atom. The lowest BCUT2D eigenvalue weighted by Crippen LogP contribution is -2.28. The first-order valence-corrected chi connectivity index (χ1v) is 20.4. The fraction of sp³-hybridized carbons (Fsp3) is 0.0179. The second-order valence-electron chi connectivity index (χ2n) is 15.5. The van der Waals surface area contributed by atoms with Gasteiger partial charge in [-0.2, -0.15) is 0 Å². The molecule has 0 saturated carbocycles. The molecule has 4 heteroatoms. The number of oxazole rings is 1. The number of anilines is 3. The van der Waals surface area contributed by atoms with E-state index in [2.05, 4.69) is 175 Å². The molecule has 2 aromatic heterocycles. The van der Waals surface area contributed by atoms with Gasteiger partial charge in [0.1, 0.15) is 16.7 Å². The minimum atomic E-state index is -0.536. The van der Waals surface area contributed by atoms with Crippen molar-refractivity contribution in [2.75, 3.05) is 4.90 Å². The summed E-state index contributed by atoms with van der Waals surface area (Å²) in [6, 6.07) is 77.6. The quantitative estimate of drug-likeness (QED) is 0.162. The van der Waals surface area contributed by atoms with Crippen LogP contribution in [0.3, 0.4) is 0 Å². The van der Waals surface area contributed by atoms with Gasteiger partial charge in [0.05, 0.1) is 5.41 Å². The molecule has 0 aliphatic heterocycles. The molecule has 1 aliphatic carbocycles. The van der Waals surface area contributed by atoms with Crippen LogP contribution < -0.4 is 4.90 Å². The lowest BCUT2D eigenvalue weighted by Gasteiger charge is -2.35. The van der Waals surface area contributed by atoms with Gasteiger partial charge in [-0.15, -0.1) is 0 Å². The van der Waals surface area contributed by atoms with Crippen molar-refractivity contribution in [1.29, 1.82) is 0 Å². The zero-order valence-electron chi connectivity index (χ0n) is 32.5. The van der Waals surface area contributed by atoms with Crippen molar-refractivity contribution in [3.05, 3.63) is 241 Å². The van der Waals surface area contributed by atoms with Crippen LogP contribution >= 0.6 is 0 Å². The molecule has 1 aliphatic rings. The molecular formula is C56H36N2O2. The van der Waals surface area contributed by atoms with Crippen molar-refractivity contribution in [3.8, 4) is 33.7 Å². The van der Waals surface area contributed by atoms with Crippen LogP contribution in [0.2, 0.25) is 0 Å². The van der Waals surface area contributed by atoms with E-state index in [0.717, 1.165) is 66.8 Å². The third-order valence-corrected chi connectivity index (χ3v) is 12.2. The predicted octanol–water partition coefficient (Wildman–Crippen LogP) is 14.9. The summed E-state index contributed by atoms with van der Waals surface area (Å²) in [5.74, 6) is 0.601. The number of para-hydroxylation sites is 2. The highest BCUT2D eigenvalue weighted by Gasteiger charge is 2.46. The largest absolute Gasteiger partial charge is 0.455 e. The Kier molecular flexibility index (Phi) is 7.72. The van der Waals surface area contributed by atoms with Gasteiger partial charge in [0.2, 0.25) is 5.89 Å². The molecule has 12 rings (SSSR count). The molecule has 2 heterocycles. The van der Waals surface area contributed by atoms with Gasteiger partial charge >= 0.3 is 0 Å². The Bertz CT molecular complexity index is 3330. The normalized spacial score (nSPS) is 12.8. The van der Waals surface area contributed by atoms with Crippen LogP contribution in [0.15, 0.2) is 227 Å². The van der Waals surface area contributed by atoms with Gasteiger partial charge in [0, 0.05) is 39.0 Å². The Morgan fingerprint density at radius 2 is 0.983 bits per heavy atom. The van der Waals surface area contributed by atoms with Gasteiger partial charge in [-0.3, -0.25) is 0 Å². The molecule has 9 aromatic carbocycles. The van der Waals surface area contributed by atoms with E-state index in [1.807, 2.05) is 48.5 Å². The second-order valence-corrected chi connectivity index (χ2v) is 15.5. The first-order valence-electron chi connectivity index (χ1n) is 20.4. The summed E-state index contributed by atoms with van der Waals surface area (Å²) in [5.41, 5.74) is 16.4. The maximum Gasteiger partial charge on any atom is 0.227 e. The van der Waals surface area contributed by atoms with Gasteiger partial charge < -0.3 is 13.7 Å². The first-order chi connectivity index (χ1) is 29.7. The van der Waals surface area contributed by atoms with E-state index < -0.39 is 5.41 Å². The van der Waals surface area contributed by atoms with Crippen LogP contribution in [0, 0.1) is 0 Å². The van der Waals surface area contributed by atoms with Gasteiger partial charge in [-0.25, -0.2) is 4.98 Å². The Morgan fingerprint density at radius 3 is 1.77 bits per heavy atom. The molecule has 0 bridgehead atoms. The highest BCUT2D eigenvalue weighted by atomic mass is 16.3. The first kappa shape index (κ1) is 34.1. The summed E-state index contributed by atoms with van der Waals surface area (Å²) < 4.78 is 12.8. The molecule has 0 unspecified atom stereocenters. The van der Waals surface area contributed by atoms with Gasteiger partial charge in [-0.05, 0) is 99.6 Å². The zero-order valence-corrected chi connectivity index (χ0v) is 32.5. The summed E-state index contributed by atoms with van der Waals surface area (Å²) in [5, 5.41) is 2.24. The van der Waals surface area contributed by atoms with Crippen LogP contribution in [-0.2, 0) is 5.41 Å². The van der Waals surface area contributed by atoms with Crippen molar-refractivity contribution in [3.63, 3.8) is 0 Å². The SMILES string of the molecule is c1ccc(-c2nc3cc(N(c4ccc(-c5cccc6c5oc5ccccc56)cc4)c4ccc5c(c4)C(c4ccccc4)(c4ccccc4)c4ccccc4-5)ccc3o2)cc1. The smallest absolute Gasteiger partial charge is 0.227 e. The second kappa shape index (κ2) is 13.6. The van der Waals surface area contributed by atoms with Crippen LogP contribution in [0.1, 0.15) is 22.3 Å². The zero-order chi connectivity index (χ0) is 39.6. The van der Waals surface area contributed by atoms with Crippen molar-refractivity contribution < 1.29 is 8.83 Å². The number of fused-ring (bicyclic) bond motifs is 7. The number of aromatic nitrogens is 1. The van der Waals surface area contributed by atoms with Crippen LogP contribution in [0.4, 0.5) is 17.1 Å². The molecule has 11 aromatic rings. The lowest BCUT2D eigenvalue weighted by molar-refractivity contribution is 0.620. The van der Waals surface area contributed by atoms with E-state index in [-0.39, 0.29) is 0 Å². The standard InChI is InChI=1S/C56H36N2O2/c1-4-15-38(16-5-1)55-57-51-36-43(32-34-53(51)60-55)58(41-29-27-37(28-30-41)44-23-14-24-48-47-22-11-13-26-52(47)59-54(44)48)42-31-33-46-45-21-10-12-25-49(45)56(50(46)35-42,39-17-6-2-7-18-39)40-19-8-3-9-20-40/h1-36H. The number of hydrogen-bond donors (Lipinski definition) is 0. The molecule has 0 saturated heterocycles. The molecule has 0 radical (unpaired) electrons. The molecule has 4 nitrogen and oxygen atoms in total. The highest BCUT2D eigenvalue weighted by Crippen LogP contribution is 2.57. The predicted molar refractivity (Wildman–Crippen MR) is 244 cm³/mol. The van der Waals surface area contributed by atoms with E-state index in [0.29, 0.717) is 5.89 Å². The van der Waals surface area contributed by atoms with Crippen molar-refractivity contribution >= 4 is 50.1 Å². The Hall–Kier alpha value is -7.95. The van der Waals surface area contributed by atoms with E-state index in [4.69, 9.17) is 13.8 Å². The molecule has 0 N–H and O–H groups in total. The van der Waals surface area contributed by atoms with Crippen LogP contribution in [-0.4, -0.2) is 4.98 Å². The Balaban J connectivity index is 1.06. The minimum Gasteiger partial charge on any atom is -0.455 e. The highest BCUT2D eigenvalue weighted by molar-refractivity contribution is 6.09. The lowest BCUT2D eigenvalue weighted by atomic mass is 9.67. The average Bonchev–Trinajstić information content (AvgIpc) is 4.01. The average molecular weight is 769 g/mol. The number of rotatable bonds is 7. The summed E-state index contributed by atoms with van der Waals surface area (Å²) in [7, 11) is 0. The topological polar surface area (TPSA) is 42.4 Å². The molecule has 282 valence electrons. The number of hydrogen-bond acceptors (Lipinski definition) is 4. The summed E-state index contributed by atoms with van der Waals surface area (Å²) in [6.07, 6.45) is 0. The van der Waals surface area contributed by atoms with Gasteiger partial charge in [-0.1, -0.05) is 158 Å². The van der Waals surface area contributed by atoms with Crippen molar-refractivity contribution in [2.45, 2.75) is 5.41 Å². The summed E-state index contributed by atoms with van der Waals surface area (Å²) in [4.78, 5) is 7.34.